The molecule has 1 aliphatic heterocycles. The molecule has 0 aromatic heterocycles. The molecule has 0 unspecified atom stereocenters. The summed E-state index contributed by atoms with van der Waals surface area (Å²) < 4.78 is 5.24. The van der Waals surface area contributed by atoms with E-state index in [2.05, 4.69) is 13.0 Å². The number of ether oxygens (including phenoxy) is 1. The van der Waals surface area contributed by atoms with Crippen molar-refractivity contribution in [1.82, 2.24) is 0 Å². The largest absolute Gasteiger partial charge is 0.457 e. The monoisotopic (exact) mass is 166 g/mol. The van der Waals surface area contributed by atoms with Gasteiger partial charge in [-0.3, -0.25) is 4.79 Å². The first kappa shape index (κ1) is 7.84. The molecule has 1 saturated heterocycles. The highest BCUT2D eigenvalue weighted by atomic mass is 16.6. The highest BCUT2D eigenvalue weighted by Crippen LogP contribution is 2.36. The quantitative estimate of drug-likeness (QED) is 0.406. The van der Waals surface area contributed by atoms with E-state index in [4.69, 9.17) is 4.74 Å². The average Bonchev–Trinajstić information content (AvgIpc) is 2.28. The number of allylic oxidation sites excluding steroid dienone is 1. The SMILES string of the molecule is C[C@@H]1CC=C2[C@@H](C)C(=O)O[C@H]2C1. The third-order valence-electron chi connectivity index (χ3n) is 2.86. The molecule has 0 N–H and O–H groups in total. The van der Waals surface area contributed by atoms with Crippen molar-refractivity contribution in [2.45, 2.75) is 32.8 Å². The van der Waals surface area contributed by atoms with Crippen molar-refractivity contribution >= 4 is 5.97 Å². The van der Waals surface area contributed by atoms with E-state index in [0.29, 0.717) is 5.92 Å². The first-order valence-electron chi connectivity index (χ1n) is 4.59. The molecule has 1 heterocycles. The van der Waals surface area contributed by atoms with Gasteiger partial charge < -0.3 is 4.74 Å². The molecule has 1 fully saturated rings. The van der Waals surface area contributed by atoms with Gasteiger partial charge in [0.25, 0.3) is 0 Å². The van der Waals surface area contributed by atoms with Gasteiger partial charge in [-0.2, -0.15) is 0 Å². The summed E-state index contributed by atoms with van der Waals surface area (Å²) in [7, 11) is 0. The fraction of sp³-hybridized carbons (Fsp3) is 0.700. The maximum absolute atomic E-state index is 11.2. The van der Waals surface area contributed by atoms with Crippen molar-refractivity contribution < 1.29 is 9.53 Å². The van der Waals surface area contributed by atoms with Gasteiger partial charge in [0.1, 0.15) is 6.10 Å². The van der Waals surface area contributed by atoms with Crippen LogP contribution in [0.15, 0.2) is 11.6 Å². The summed E-state index contributed by atoms with van der Waals surface area (Å²) in [6.07, 6.45) is 4.42. The number of carbonyl (C=O) groups is 1. The maximum Gasteiger partial charge on any atom is 0.313 e. The Morgan fingerprint density at radius 1 is 1.50 bits per heavy atom. The van der Waals surface area contributed by atoms with Crippen LogP contribution in [0.2, 0.25) is 0 Å². The molecule has 2 nitrogen and oxygen atoms in total. The van der Waals surface area contributed by atoms with Gasteiger partial charge >= 0.3 is 5.97 Å². The summed E-state index contributed by atoms with van der Waals surface area (Å²) in [5, 5.41) is 0. The van der Waals surface area contributed by atoms with Gasteiger partial charge in [0, 0.05) is 0 Å². The standard InChI is InChI=1S/C10H14O2/c1-6-3-4-8-7(2)10(11)12-9(8)5-6/h4,6-7,9H,3,5H2,1-2H3/t6-,7-,9+/m1/s1. The molecule has 0 aromatic rings. The molecule has 3 atom stereocenters. The summed E-state index contributed by atoms with van der Waals surface area (Å²) in [5.41, 5.74) is 1.22. The molecule has 12 heavy (non-hydrogen) atoms. The van der Waals surface area contributed by atoms with Gasteiger partial charge in [-0.1, -0.05) is 13.0 Å². The van der Waals surface area contributed by atoms with Gasteiger partial charge in [0.05, 0.1) is 5.92 Å². The Balaban J connectivity index is 2.24. The smallest absolute Gasteiger partial charge is 0.313 e. The maximum atomic E-state index is 11.2. The van der Waals surface area contributed by atoms with Crippen molar-refractivity contribution in [2.24, 2.45) is 11.8 Å². The van der Waals surface area contributed by atoms with Crippen LogP contribution in [0.5, 0.6) is 0 Å². The van der Waals surface area contributed by atoms with Crippen LogP contribution in [0.25, 0.3) is 0 Å². The van der Waals surface area contributed by atoms with Gasteiger partial charge in [0.2, 0.25) is 0 Å². The number of carbonyl (C=O) groups excluding carboxylic acids is 1. The molecule has 2 aliphatic rings. The molecule has 0 saturated carbocycles. The summed E-state index contributed by atoms with van der Waals surface area (Å²) in [4.78, 5) is 11.2. The molecule has 0 spiro atoms. The summed E-state index contributed by atoms with van der Waals surface area (Å²) in [6.45, 7) is 4.13. The van der Waals surface area contributed by atoms with E-state index in [1.54, 1.807) is 0 Å². The van der Waals surface area contributed by atoms with Crippen LogP contribution >= 0.6 is 0 Å². The molecule has 0 aromatic carbocycles. The van der Waals surface area contributed by atoms with Crippen molar-refractivity contribution in [3.05, 3.63) is 11.6 Å². The lowest BCUT2D eigenvalue weighted by molar-refractivity contribution is -0.144. The molecule has 0 bridgehead atoms. The highest BCUT2D eigenvalue weighted by molar-refractivity contribution is 5.79. The van der Waals surface area contributed by atoms with Crippen LogP contribution in [0.3, 0.4) is 0 Å². The molecule has 66 valence electrons. The molecule has 2 rings (SSSR count). The van der Waals surface area contributed by atoms with Crippen molar-refractivity contribution in [3.63, 3.8) is 0 Å². The fourth-order valence-corrected chi connectivity index (χ4v) is 2.02. The second-order valence-electron chi connectivity index (χ2n) is 3.93. The minimum Gasteiger partial charge on any atom is -0.457 e. The lowest BCUT2D eigenvalue weighted by atomic mass is 9.85. The van der Waals surface area contributed by atoms with Gasteiger partial charge in [-0.05, 0) is 31.3 Å². The highest BCUT2D eigenvalue weighted by Gasteiger charge is 2.38. The minimum atomic E-state index is -0.0413. The zero-order chi connectivity index (χ0) is 8.72. The normalized spacial score (nSPS) is 40.3. The van der Waals surface area contributed by atoms with E-state index in [9.17, 15) is 4.79 Å². The van der Waals surface area contributed by atoms with E-state index in [1.165, 1.54) is 5.57 Å². The lowest BCUT2D eigenvalue weighted by Gasteiger charge is -2.21. The van der Waals surface area contributed by atoms with Crippen LogP contribution in [-0.2, 0) is 9.53 Å². The number of hydrogen-bond acceptors (Lipinski definition) is 2. The van der Waals surface area contributed by atoms with E-state index < -0.39 is 0 Å². The zero-order valence-corrected chi connectivity index (χ0v) is 7.54. The molecule has 0 radical (unpaired) electrons. The third kappa shape index (κ3) is 1.06. The summed E-state index contributed by atoms with van der Waals surface area (Å²) in [6, 6.07) is 0. The third-order valence-corrected chi connectivity index (χ3v) is 2.86. The Bertz CT molecular complexity index is 242. The minimum absolute atomic E-state index is 0.0162. The Hall–Kier alpha value is -0.790. The number of hydrogen-bond donors (Lipinski definition) is 0. The molecular weight excluding hydrogens is 152 g/mol. The number of esters is 1. The van der Waals surface area contributed by atoms with Gasteiger partial charge in [-0.15, -0.1) is 0 Å². The van der Waals surface area contributed by atoms with E-state index in [-0.39, 0.29) is 18.0 Å². The molecular formula is C10H14O2. The topological polar surface area (TPSA) is 26.3 Å². The number of rotatable bonds is 0. The van der Waals surface area contributed by atoms with Crippen LogP contribution in [0.1, 0.15) is 26.7 Å². The van der Waals surface area contributed by atoms with Gasteiger partial charge in [0.15, 0.2) is 0 Å². The van der Waals surface area contributed by atoms with Crippen LogP contribution in [-0.4, -0.2) is 12.1 Å². The van der Waals surface area contributed by atoms with E-state index in [1.807, 2.05) is 6.92 Å². The fourth-order valence-electron chi connectivity index (χ4n) is 2.02. The van der Waals surface area contributed by atoms with Crippen LogP contribution in [0.4, 0.5) is 0 Å². The van der Waals surface area contributed by atoms with Crippen molar-refractivity contribution in [2.75, 3.05) is 0 Å². The predicted molar refractivity (Wildman–Crippen MR) is 45.5 cm³/mol. The first-order chi connectivity index (χ1) is 5.68. The van der Waals surface area contributed by atoms with Crippen LogP contribution < -0.4 is 0 Å². The molecule has 0 amide bonds. The Kier molecular flexibility index (Phi) is 1.71. The molecule has 2 heteroatoms. The summed E-state index contributed by atoms with van der Waals surface area (Å²) >= 11 is 0. The van der Waals surface area contributed by atoms with Gasteiger partial charge in [-0.25, -0.2) is 0 Å². The van der Waals surface area contributed by atoms with Crippen LogP contribution in [0, 0.1) is 11.8 Å². The Labute approximate surface area is 72.6 Å². The Morgan fingerprint density at radius 3 is 3.00 bits per heavy atom. The average molecular weight is 166 g/mol. The van der Waals surface area contributed by atoms with Crippen molar-refractivity contribution in [1.29, 1.82) is 0 Å². The zero-order valence-electron chi connectivity index (χ0n) is 7.54. The number of fused-ring (bicyclic) bond motifs is 1. The second kappa shape index (κ2) is 2.61. The first-order valence-corrected chi connectivity index (χ1v) is 4.59. The van der Waals surface area contributed by atoms with E-state index in [0.717, 1.165) is 12.8 Å². The second-order valence-corrected chi connectivity index (χ2v) is 3.93. The summed E-state index contributed by atoms with van der Waals surface area (Å²) in [5.74, 6) is 0.639. The van der Waals surface area contributed by atoms with Crippen molar-refractivity contribution in [3.8, 4) is 0 Å². The Morgan fingerprint density at radius 2 is 2.25 bits per heavy atom. The van der Waals surface area contributed by atoms with E-state index >= 15 is 0 Å². The predicted octanol–water partition coefficient (Wildman–Crippen LogP) is 1.90. The molecule has 1 aliphatic carbocycles. The lowest BCUT2D eigenvalue weighted by Crippen LogP contribution is -2.17.